The maximum atomic E-state index is 11.0. The summed E-state index contributed by atoms with van der Waals surface area (Å²) in [5.41, 5.74) is 0.432. The molecule has 9 heteroatoms. The van der Waals surface area contributed by atoms with Crippen molar-refractivity contribution in [3.63, 3.8) is 0 Å². The molecule has 1 aromatic heterocycles. The Balaban J connectivity index is 1.77. The third kappa shape index (κ3) is 3.74. The molecule has 8 nitrogen and oxygen atoms in total. The highest BCUT2D eigenvalue weighted by Crippen LogP contribution is 2.15. The first-order chi connectivity index (χ1) is 11.6. The average Bonchev–Trinajstić information content (AvgIpc) is 2.94. The molecule has 0 N–H and O–H groups in total. The number of likely N-dealkylation sites (tertiary alicyclic amines) is 1. The predicted molar refractivity (Wildman–Crippen MR) is 92.6 cm³/mol. The van der Waals surface area contributed by atoms with Crippen LogP contribution in [0.4, 0.5) is 5.69 Å². The van der Waals surface area contributed by atoms with Gasteiger partial charge < -0.3 is 0 Å². The van der Waals surface area contributed by atoms with Gasteiger partial charge in [-0.2, -0.15) is 14.9 Å². The molecule has 24 heavy (non-hydrogen) atoms. The molecule has 1 aromatic carbocycles. The molecule has 0 bridgehead atoms. The Hall–Kier alpha value is -2.39. The van der Waals surface area contributed by atoms with Crippen molar-refractivity contribution in [3.8, 4) is 0 Å². The third-order valence-corrected chi connectivity index (χ3v) is 4.35. The molecule has 0 unspecified atom stereocenters. The van der Waals surface area contributed by atoms with Gasteiger partial charge in [-0.15, -0.1) is 0 Å². The molecule has 2 heterocycles. The van der Waals surface area contributed by atoms with Gasteiger partial charge in [0, 0.05) is 6.07 Å². The molecule has 126 valence electrons. The van der Waals surface area contributed by atoms with E-state index < -0.39 is 4.92 Å². The Morgan fingerprint density at radius 3 is 2.79 bits per heavy atom. The molecule has 0 amide bonds. The number of para-hydroxylation sites is 1. The van der Waals surface area contributed by atoms with Crippen LogP contribution in [0.3, 0.4) is 0 Å². The zero-order chi connectivity index (χ0) is 16.9. The van der Waals surface area contributed by atoms with Gasteiger partial charge in [0.1, 0.15) is 6.33 Å². The normalized spacial score (nSPS) is 15.8. The van der Waals surface area contributed by atoms with E-state index in [1.165, 1.54) is 42.5 Å². The molecule has 1 saturated heterocycles. The summed E-state index contributed by atoms with van der Waals surface area (Å²) in [4.78, 5) is 12.9. The van der Waals surface area contributed by atoms with Gasteiger partial charge in [0.25, 0.3) is 5.69 Å². The lowest BCUT2D eigenvalue weighted by Crippen LogP contribution is -2.32. The standard InChI is InChI=1S/C15H18N6O2S/c22-21(23)14-7-3-2-6-13(14)10-16-19-11-17-20(15(19)24)12-18-8-4-1-5-9-18/h2-3,6-7,10-11H,1,4-5,8-9,12H2/b16-10+. The number of nitro benzene ring substituents is 1. The number of rotatable bonds is 5. The monoisotopic (exact) mass is 346 g/mol. The third-order valence-electron chi connectivity index (χ3n) is 3.95. The highest BCUT2D eigenvalue weighted by molar-refractivity contribution is 7.71. The van der Waals surface area contributed by atoms with Crippen molar-refractivity contribution in [2.45, 2.75) is 25.9 Å². The average molecular weight is 346 g/mol. The van der Waals surface area contributed by atoms with Crippen LogP contribution in [0, 0.1) is 14.9 Å². The van der Waals surface area contributed by atoms with Crippen molar-refractivity contribution in [1.82, 2.24) is 19.4 Å². The minimum absolute atomic E-state index is 0.00785. The van der Waals surface area contributed by atoms with Gasteiger partial charge in [-0.25, -0.2) is 4.68 Å². The van der Waals surface area contributed by atoms with Gasteiger partial charge in [0.15, 0.2) is 0 Å². The van der Waals surface area contributed by atoms with Crippen molar-refractivity contribution in [1.29, 1.82) is 0 Å². The second-order valence-electron chi connectivity index (χ2n) is 5.64. The first-order valence-corrected chi connectivity index (χ1v) is 8.20. The fourth-order valence-corrected chi connectivity index (χ4v) is 2.88. The quantitative estimate of drug-likeness (QED) is 0.360. The predicted octanol–water partition coefficient (Wildman–Crippen LogP) is 2.65. The van der Waals surface area contributed by atoms with E-state index in [-0.39, 0.29) is 5.69 Å². The molecular formula is C15H18N6O2S. The Morgan fingerprint density at radius 1 is 1.29 bits per heavy atom. The summed E-state index contributed by atoms with van der Waals surface area (Å²) < 4.78 is 3.64. The van der Waals surface area contributed by atoms with Crippen molar-refractivity contribution < 1.29 is 4.92 Å². The summed E-state index contributed by atoms with van der Waals surface area (Å²) in [5, 5.41) is 19.5. The molecule has 0 saturated carbocycles. The summed E-state index contributed by atoms with van der Waals surface area (Å²) >= 11 is 5.38. The molecule has 3 rings (SSSR count). The lowest BCUT2D eigenvalue weighted by molar-refractivity contribution is -0.385. The lowest BCUT2D eigenvalue weighted by atomic mass is 10.1. The van der Waals surface area contributed by atoms with Crippen LogP contribution in [-0.4, -0.2) is 43.6 Å². The van der Waals surface area contributed by atoms with E-state index in [1.807, 2.05) is 0 Å². The Kier molecular flexibility index (Phi) is 5.11. The van der Waals surface area contributed by atoms with Crippen LogP contribution in [0.5, 0.6) is 0 Å². The van der Waals surface area contributed by atoms with Crippen LogP contribution in [0.25, 0.3) is 0 Å². The van der Waals surface area contributed by atoms with Gasteiger partial charge in [-0.3, -0.25) is 15.0 Å². The summed E-state index contributed by atoms with van der Waals surface area (Å²) in [7, 11) is 0. The maximum absolute atomic E-state index is 11.0. The largest absolute Gasteiger partial charge is 0.284 e. The Bertz CT molecular complexity index is 806. The lowest BCUT2D eigenvalue weighted by Gasteiger charge is -2.25. The summed E-state index contributed by atoms with van der Waals surface area (Å²) in [6.07, 6.45) is 6.63. The van der Waals surface area contributed by atoms with Gasteiger partial charge in [-0.1, -0.05) is 18.6 Å². The van der Waals surface area contributed by atoms with E-state index >= 15 is 0 Å². The zero-order valence-corrected chi connectivity index (χ0v) is 13.9. The first-order valence-electron chi connectivity index (χ1n) is 7.80. The molecule has 0 radical (unpaired) electrons. The second-order valence-corrected chi connectivity index (χ2v) is 6.00. The number of nitro groups is 1. The number of piperidine rings is 1. The van der Waals surface area contributed by atoms with Crippen LogP contribution < -0.4 is 0 Å². The highest BCUT2D eigenvalue weighted by atomic mass is 32.1. The number of hydrogen-bond acceptors (Lipinski definition) is 6. The van der Waals surface area contributed by atoms with Gasteiger partial charge in [0.2, 0.25) is 4.77 Å². The Morgan fingerprint density at radius 2 is 2.04 bits per heavy atom. The van der Waals surface area contributed by atoms with Crippen LogP contribution >= 0.6 is 12.2 Å². The fourth-order valence-electron chi connectivity index (χ4n) is 2.68. The van der Waals surface area contributed by atoms with Crippen LogP contribution in [0.1, 0.15) is 24.8 Å². The maximum Gasteiger partial charge on any atom is 0.278 e. The van der Waals surface area contributed by atoms with E-state index in [0.717, 1.165) is 13.1 Å². The van der Waals surface area contributed by atoms with E-state index in [0.29, 0.717) is 17.0 Å². The SMILES string of the molecule is O=[N+]([O-])c1ccccc1/C=N/n1cnn(CN2CCCCC2)c1=S. The molecule has 1 aliphatic rings. The van der Waals surface area contributed by atoms with Gasteiger partial charge >= 0.3 is 0 Å². The first kappa shape index (κ1) is 16.5. The van der Waals surface area contributed by atoms with E-state index in [9.17, 15) is 10.1 Å². The fraction of sp³-hybridized carbons (Fsp3) is 0.400. The molecule has 1 aliphatic heterocycles. The summed E-state index contributed by atoms with van der Waals surface area (Å²) in [5.74, 6) is 0. The van der Waals surface area contributed by atoms with E-state index in [2.05, 4.69) is 15.1 Å². The van der Waals surface area contributed by atoms with E-state index in [1.54, 1.807) is 22.9 Å². The minimum Gasteiger partial charge on any atom is -0.284 e. The minimum atomic E-state index is -0.430. The summed E-state index contributed by atoms with van der Waals surface area (Å²) in [6.45, 7) is 2.75. The smallest absolute Gasteiger partial charge is 0.278 e. The van der Waals surface area contributed by atoms with E-state index in [4.69, 9.17) is 12.2 Å². The van der Waals surface area contributed by atoms with Crippen molar-refractivity contribution in [2.75, 3.05) is 13.1 Å². The molecule has 0 atom stereocenters. The van der Waals surface area contributed by atoms with Crippen LogP contribution in [0.2, 0.25) is 0 Å². The topological polar surface area (TPSA) is 81.5 Å². The van der Waals surface area contributed by atoms with Crippen molar-refractivity contribution in [3.05, 3.63) is 51.0 Å². The number of benzene rings is 1. The molecule has 1 fully saturated rings. The number of nitrogens with zero attached hydrogens (tertiary/aromatic N) is 6. The molecule has 0 spiro atoms. The van der Waals surface area contributed by atoms with Crippen LogP contribution in [-0.2, 0) is 6.67 Å². The number of aromatic nitrogens is 3. The number of hydrogen-bond donors (Lipinski definition) is 0. The molecule has 2 aromatic rings. The Labute approximate surface area is 144 Å². The zero-order valence-electron chi connectivity index (χ0n) is 13.1. The van der Waals surface area contributed by atoms with Gasteiger partial charge in [-0.05, 0) is 44.2 Å². The van der Waals surface area contributed by atoms with Gasteiger partial charge in [0.05, 0.1) is 23.4 Å². The highest BCUT2D eigenvalue weighted by Gasteiger charge is 2.13. The second kappa shape index (κ2) is 7.45. The van der Waals surface area contributed by atoms with Crippen molar-refractivity contribution in [2.24, 2.45) is 5.10 Å². The van der Waals surface area contributed by atoms with Crippen LogP contribution in [0.15, 0.2) is 35.7 Å². The molecular weight excluding hydrogens is 328 g/mol. The summed E-state index contributed by atoms with van der Waals surface area (Å²) in [6, 6.07) is 6.44. The molecule has 0 aliphatic carbocycles. The van der Waals surface area contributed by atoms with Crippen molar-refractivity contribution >= 4 is 24.1 Å².